The minimum atomic E-state index is -0.751. The zero-order valence-corrected chi connectivity index (χ0v) is 19.7. The summed E-state index contributed by atoms with van der Waals surface area (Å²) < 4.78 is 5.39. The fourth-order valence-electron chi connectivity index (χ4n) is 4.53. The van der Waals surface area contributed by atoms with Crippen molar-refractivity contribution >= 4 is 41.8 Å². The Morgan fingerprint density at radius 2 is 1.83 bits per heavy atom. The first kappa shape index (κ1) is 24.8. The summed E-state index contributed by atoms with van der Waals surface area (Å²) in [6.07, 6.45) is 7.72. The minimum Gasteiger partial charge on any atom is -0.497 e. The SMILES string of the molecule is COc1ccc2cc([C@H](CCCN(C)CC3(S)CCCCC3)C(=O)O)ccc2c1.Cl. The van der Waals surface area contributed by atoms with Crippen LogP contribution in [-0.2, 0) is 4.79 Å². The van der Waals surface area contributed by atoms with Gasteiger partial charge in [-0.3, -0.25) is 4.79 Å². The maximum absolute atomic E-state index is 11.9. The van der Waals surface area contributed by atoms with Crippen molar-refractivity contribution < 1.29 is 14.6 Å². The molecule has 30 heavy (non-hydrogen) atoms. The van der Waals surface area contributed by atoms with Gasteiger partial charge in [0.05, 0.1) is 13.0 Å². The van der Waals surface area contributed by atoms with Gasteiger partial charge in [-0.2, -0.15) is 12.6 Å². The van der Waals surface area contributed by atoms with E-state index in [4.69, 9.17) is 17.4 Å². The number of hydrogen-bond acceptors (Lipinski definition) is 4. The number of carbonyl (C=O) groups is 1. The molecule has 0 aromatic heterocycles. The average molecular weight is 452 g/mol. The van der Waals surface area contributed by atoms with E-state index in [1.807, 2.05) is 36.4 Å². The second-order valence-electron chi connectivity index (χ2n) is 8.53. The Morgan fingerprint density at radius 3 is 2.50 bits per heavy atom. The molecule has 3 rings (SSSR count). The summed E-state index contributed by atoms with van der Waals surface area (Å²) in [5.74, 6) is -0.420. The molecule has 1 aliphatic rings. The molecular weight excluding hydrogens is 418 g/mol. The van der Waals surface area contributed by atoms with Crippen molar-refractivity contribution in [2.45, 2.75) is 55.6 Å². The van der Waals surface area contributed by atoms with Crippen molar-refractivity contribution in [2.75, 3.05) is 27.2 Å². The van der Waals surface area contributed by atoms with Gasteiger partial charge in [0, 0.05) is 11.3 Å². The Kier molecular flexibility index (Phi) is 9.32. The van der Waals surface area contributed by atoms with E-state index in [0.717, 1.165) is 41.6 Å². The smallest absolute Gasteiger partial charge is 0.310 e. The van der Waals surface area contributed by atoms with Crippen LogP contribution in [-0.4, -0.2) is 48.0 Å². The minimum absolute atomic E-state index is 0. The lowest BCUT2D eigenvalue weighted by Crippen LogP contribution is -2.39. The number of carboxylic acids is 1. The highest BCUT2D eigenvalue weighted by Crippen LogP contribution is 2.34. The maximum Gasteiger partial charge on any atom is 0.310 e. The third-order valence-electron chi connectivity index (χ3n) is 6.15. The van der Waals surface area contributed by atoms with Gasteiger partial charge in [-0.05, 0) is 67.7 Å². The van der Waals surface area contributed by atoms with E-state index in [0.29, 0.717) is 6.42 Å². The van der Waals surface area contributed by atoms with E-state index in [1.165, 1.54) is 32.1 Å². The van der Waals surface area contributed by atoms with Gasteiger partial charge in [-0.25, -0.2) is 0 Å². The molecule has 0 saturated heterocycles. The van der Waals surface area contributed by atoms with Crippen LogP contribution >= 0.6 is 25.0 Å². The second-order valence-corrected chi connectivity index (χ2v) is 9.48. The molecule has 6 heteroatoms. The van der Waals surface area contributed by atoms with Crippen molar-refractivity contribution in [3.63, 3.8) is 0 Å². The number of aliphatic carboxylic acids is 1. The van der Waals surface area contributed by atoms with E-state index in [-0.39, 0.29) is 17.2 Å². The van der Waals surface area contributed by atoms with Crippen molar-refractivity contribution in [1.29, 1.82) is 0 Å². The third kappa shape index (κ3) is 6.53. The summed E-state index contributed by atoms with van der Waals surface area (Å²) in [6.45, 7) is 1.88. The largest absolute Gasteiger partial charge is 0.497 e. The molecule has 1 atom stereocenters. The number of halogens is 1. The first-order chi connectivity index (χ1) is 13.9. The van der Waals surface area contributed by atoms with Crippen LogP contribution in [0, 0.1) is 0 Å². The second kappa shape index (κ2) is 11.3. The quantitative estimate of drug-likeness (QED) is 0.474. The molecule has 0 unspecified atom stereocenters. The van der Waals surface area contributed by atoms with Crippen LogP contribution in [0.25, 0.3) is 10.8 Å². The molecule has 2 aromatic carbocycles. The molecule has 0 radical (unpaired) electrons. The first-order valence-electron chi connectivity index (χ1n) is 10.6. The van der Waals surface area contributed by atoms with Crippen LogP contribution in [0.1, 0.15) is 56.4 Å². The lowest BCUT2D eigenvalue weighted by molar-refractivity contribution is -0.139. The molecule has 1 aliphatic carbocycles. The molecule has 1 fully saturated rings. The standard InChI is InChI=1S/C24H33NO3S.ClH/c1-25(17-24(29)12-4-3-5-13-24)14-6-7-22(23(26)27)20-9-8-19-16-21(28-2)11-10-18(19)15-20;/h8-11,15-16,22,29H,3-7,12-14,17H2,1-2H3,(H,26,27);1H/t22-;/m0./s1. The maximum atomic E-state index is 11.9. The summed E-state index contributed by atoms with van der Waals surface area (Å²) >= 11 is 4.95. The lowest BCUT2D eigenvalue weighted by atomic mass is 9.87. The Hall–Kier alpha value is -1.43. The van der Waals surface area contributed by atoms with Crippen LogP contribution < -0.4 is 4.74 Å². The number of methoxy groups -OCH3 is 1. The van der Waals surface area contributed by atoms with Gasteiger partial charge >= 0.3 is 5.97 Å². The van der Waals surface area contributed by atoms with Crippen LogP contribution in [0.2, 0.25) is 0 Å². The van der Waals surface area contributed by atoms with Gasteiger partial charge in [0.2, 0.25) is 0 Å². The van der Waals surface area contributed by atoms with E-state index in [9.17, 15) is 9.90 Å². The number of hydrogen-bond donors (Lipinski definition) is 2. The molecule has 0 bridgehead atoms. The average Bonchev–Trinajstić information content (AvgIpc) is 2.70. The zero-order valence-electron chi connectivity index (χ0n) is 18.0. The number of thiol groups is 1. The summed E-state index contributed by atoms with van der Waals surface area (Å²) in [5, 5.41) is 11.9. The molecule has 4 nitrogen and oxygen atoms in total. The monoisotopic (exact) mass is 451 g/mol. The number of fused-ring (bicyclic) bond motifs is 1. The molecule has 166 valence electrons. The van der Waals surface area contributed by atoms with E-state index in [1.54, 1.807) is 7.11 Å². The molecular formula is C24H34ClNO3S. The Labute approximate surface area is 191 Å². The molecule has 0 amide bonds. The van der Waals surface area contributed by atoms with Crippen LogP contribution in [0.3, 0.4) is 0 Å². The van der Waals surface area contributed by atoms with Gasteiger partial charge in [0.15, 0.2) is 0 Å². The highest BCUT2D eigenvalue weighted by atomic mass is 35.5. The van der Waals surface area contributed by atoms with Gasteiger partial charge in [-0.15, -0.1) is 12.4 Å². The summed E-state index contributed by atoms with van der Waals surface area (Å²) in [5.41, 5.74) is 0.871. The number of benzene rings is 2. The molecule has 2 aromatic rings. The lowest BCUT2D eigenvalue weighted by Gasteiger charge is -2.36. The van der Waals surface area contributed by atoms with E-state index in [2.05, 4.69) is 11.9 Å². The highest BCUT2D eigenvalue weighted by Gasteiger charge is 2.29. The summed E-state index contributed by atoms with van der Waals surface area (Å²) in [7, 11) is 3.78. The summed E-state index contributed by atoms with van der Waals surface area (Å²) in [4.78, 5) is 14.3. The molecule has 1 saturated carbocycles. The van der Waals surface area contributed by atoms with Crippen LogP contribution in [0.5, 0.6) is 5.75 Å². The fourth-order valence-corrected chi connectivity index (χ4v) is 5.09. The van der Waals surface area contributed by atoms with Crippen LogP contribution in [0.4, 0.5) is 0 Å². The van der Waals surface area contributed by atoms with Crippen LogP contribution in [0.15, 0.2) is 36.4 Å². The van der Waals surface area contributed by atoms with Gasteiger partial charge in [-0.1, -0.05) is 43.5 Å². The van der Waals surface area contributed by atoms with Gasteiger partial charge in [0.25, 0.3) is 0 Å². The third-order valence-corrected chi connectivity index (χ3v) is 6.74. The van der Waals surface area contributed by atoms with Crippen molar-refractivity contribution in [3.05, 3.63) is 42.0 Å². The van der Waals surface area contributed by atoms with Crippen molar-refractivity contribution in [1.82, 2.24) is 4.90 Å². The predicted molar refractivity (Wildman–Crippen MR) is 130 cm³/mol. The number of carboxylic acid groups (broad SMARTS) is 1. The first-order valence-corrected chi connectivity index (χ1v) is 11.1. The van der Waals surface area contributed by atoms with E-state index >= 15 is 0 Å². The summed E-state index contributed by atoms with van der Waals surface area (Å²) in [6, 6.07) is 11.8. The van der Waals surface area contributed by atoms with Gasteiger partial charge in [0.1, 0.15) is 5.75 Å². The Balaban J connectivity index is 0.00000320. The number of ether oxygens (including phenoxy) is 1. The number of nitrogens with zero attached hydrogens (tertiary/aromatic N) is 1. The Morgan fingerprint density at radius 1 is 1.17 bits per heavy atom. The van der Waals surface area contributed by atoms with Gasteiger partial charge < -0.3 is 14.7 Å². The molecule has 0 spiro atoms. The number of rotatable bonds is 9. The Bertz CT molecular complexity index is 838. The van der Waals surface area contributed by atoms with E-state index < -0.39 is 11.9 Å². The predicted octanol–water partition coefficient (Wildman–Crippen LogP) is 5.78. The molecule has 0 heterocycles. The fraction of sp³-hybridized carbons (Fsp3) is 0.542. The topological polar surface area (TPSA) is 49.8 Å². The normalized spacial score (nSPS) is 16.8. The highest BCUT2D eigenvalue weighted by molar-refractivity contribution is 7.81. The zero-order chi connectivity index (χ0) is 20.9. The molecule has 0 aliphatic heterocycles. The van der Waals surface area contributed by atoms with Crippen molar-refractivity contribution in [3.8, 4) is 5.75 Å². The van der Waals surface area contributed by atoms with Crippen molar-refractivity contribution in [2.24, 2.45) is 0 Å². The molecule has 1 N–H and O–H groups in total.